The number of fused-ring (bicyclic) bond motifs is 6. The number of aliphatic carboxylic acids is 4. The lowest BCUT2D eigenvalue weighted by molar-refractivity contribution is -0.156. The van der Waals surface area contributed by atoms with Crippen LogP contribution in [-0.2, 0) is 93.5 Å². The van der Waals surface area contributed by atoms with E-state index in [1.165, 1.54) is 66.4 Å². The minimum absolute atomic E-state index is 0.0684. The molecule has 1 saturated heterocycles. The van der Waals surface area contributed by atoms with Crippen molar-refractivity contribution < 1.29 is 122 Å². The van der Waals surface area contributed by atoms with E-state index >= 15 is 0 Å². The van der Waals surface area contributed by atoms with Crippen LogP contribution in [0, 0.1) is 11.8 Å². The van der Waals surface area contributed by atoms with Crippen LogP contribution in [0.3, 0.4) is 0 Å². The first-order valence-corrected chi connectivity index (χ1v) is 36.0. The SMILES string of the molecule is CC(=O)N[C@H](C(=O)N1CCC[C@H]1C(=O)NCC(=O)N[C@@H](CCC(N)=O)C(=O)N[C@@H](Cc1ccc(Cl)cc1)C(=O)N[C@@H](CC(=O)O)C(=O)N[C@@H](CC(=O)O)C(=O)N[C@@H](C)C(=O)N[C@@H](CC(C(=O)O)C(=O)O)C(=O)N[C@@H](CCCCNC(=S)Nc1ccc2c(c1)C(=O)OC21c2ccc(O)cc2Oc2cc(O)ccc21)C(N)=O)C(C)C. The highest BCUT2D eigenvalue weighted by Gasteiger charge is 2.54. The van der Waals surface area contributed by atoms with Crippen molar-refractivity contribution in [3.05, 3.63) is 112 Å². The number of nitrogens with two attached hydrogens (primary N) is 2. The van der Waals surface area contributed by atoms with Crippen LogP contribution in [-0.4, -0.2) is 215 Å². The summed E-state index contributed by atoms with van der Waals surface area (Å²) in [6.07, 6.45) is -4.60. The standard InChI is InChI=1S/C72H85ClN14O25S/c1-32(2)58(79-34(4)88)67(105)87-23-7-9-51(87)66(104)77-31-55(92)81-46(20-21-54(74)91)61(99)84-47(24-35-10-12-36(73)13-11-35)63(101)86-50(30-57(95)96)65(103)85-49(29-56(93)94)62(100)78-33(3)60(98)83-48(28-41(68(106)107)69(108)109)64(102)82-45(59(75)97)8-5-6-22-76-71(113)80-37-14-17-42-40(25-37)70(110)112-72(42)43-18-15-38(89)26-52(43)111-53-27-39(90)16-19-44(53)72/h10-19,25-27,32-33,41,45-51,58,89-90H,5-9,20-24,28-31H2,1-4H3,(H2,74,91)(H2,75,97)(H,77,104)(H,78,100)(H,79,88)(H,81,92)(H,82,102)(H,83,98)(H,84,99)(H,85,103)(H,86,101)(H,93,94)(H,95,96)(H,106,107)(H,108,109)(H2,76,80,113)/t33-,45-,46-,47-,48-,49-,50-,51-,58-/m0/s1. The number of unbranched alkanes of at least 4 members (excludes halogenated alkanes) is 1. The Morgan fingerprint density at radius 2 is 1.16 bits per heavy atom. The Morgan fingerprint density at radius 3 is 1.72 bits per heavy atom. The topological polar surface area (TPSA) is 618 Å². The van der Waals surface area contributed by atoms with Crippen molar-refractivity contribution in [1.82, 2.24) is 58.1 Å². The Hall–Kier alpha value is -12.8. The number of halogens is 1. The van der Waals surface area contributed by atoms with Gasteiger partial charge in [0.2, 0.25) is 70.9 Å². The number of benzene rings is 4. The van der Waals surface area contributed by atoms with E-state index in [0.29, 0.717) is 28.8 Å². The molecule has 0 saturated carbocycles. The van der Waals surface area contributed by atoms with Gasteiger partial charge in [-0.2, -0.15) is 0 Å². The Bertz CT molecular complexity index is 4350. The lowest BCUT2D eigenvalue weighted by atomic mass is 9.77. The summed E-state index contributed by atoms with van der Waals surface area (Å²) in [6.45, 7) is 5.05. The summed E-state index contributed by atoms with van der Waals surface area (Å²) in [5.41, 5.74) is 11.5. The van der Waals surface area contributed by atoms with Crippen molar-refractivity contribution in [2.45, 2.75) is 158 Å². The summed E-state index contributed by atoms with van der Waals surface area (Å²) in [5.74, 6) is -24.0. The van der Waals surface area contributed by atoms with Crippen molar-refractivity contribution in [2.24, 2.45) is 23.3 Å². The fraction of sp³-hybridized carbons (Fsp3) is 0.417. The van der Waals surface area contributed by atoms with Crippen LogP contribution in [0.2, 0.25) is 5.02 Å². The van der Waals surface area contributed by atoms with Crippen LogP contribution in [0.15, 0.2) is 78.9 Å². The van der Waals surface area contributed by atoms with Gasteiger partial charge in [-0.05, 0) is 118 Å². The molecule has 0 aliphatic carbocycles. The van der Waals surface area contributed by atoms with Crippen LogP contribution in [0.4, 0.5) is 5.69 Å². The number of carboxylic acids is 4. The summed E-state index contributed by atoms with van der Waals surface area (Å²) in [6, 6.07) is 3.36. The molecule has 7 rings (SSSR count). The van der Waals surface area contributed by atoms with Gasteiger partial charge in [-0.3, -0.25) is 76.7 Å². The maximum absolute atomic E-state index is 14.4. The van der Waals surface area contributed by atoms with Gasteiger partial charge in [0.15, 0.2) is 16.6 Å². The molecule has 0 aromatic heterocycles. The van der Waals surface area contributed by atoms with Crippen molar-refractivity contribution >= 4 is 135 Å². The Labute approximate surface area is 653 Å². The van der Waals surface area contributed by atoms with Crippen LogP contribution in [0.5, 0.6) is 23.0 Å². The zero-order valence-corrected chi connectivity index (χ0v) is 62.7. The number of likely N-dealkylation sites (tertiary alicyclic amines) is 1. The number of nitrogens with zero attached hydrogens (tertiary/aromatic N) is 1. The normalized spacial score (nSPS) is 15.6. The van der Waals surface area contributed by atoms with E-state index < -0.39 is 212 Å². The molecule has 0 bridgehead atoms. The highest BCUT2D eigenvalue weighted by molar-refractivity contribution is 7.80. The number of anilines is 1. The van der Waals surface area contributed by atoms with Gasteiger partial charge in [-0.25, -0.2) is 4.79 Å². The fourth-order valence-electron chi connectivity index (χ4n) is 12.6. The van der Waals surface area contributed by atoms with Gasteiger partial charge in [-0.1, -0.05) is 43.6 Å². The van der Waals surface area contributed by atoms with Gasteiger partial charge in [-0.15, -0.1) is 0 Å². The molecule has 1 fully saturated rings. The van der Waals surface area contributed by atoms with Crippen molar-refractivity contribution in [1.29, 1.82) is 0 Å². The van der Waals surface area contributed by atoms with Crippen LogP contribution >= 0.6 is 23.8 Å². The molecule has 113 heavy (non-hydrogen) atoms. The number of esters is 1. The van der Waals surface area contributed by atoms with Crippen LogP contribution < -0.4 is 74.7 Å². The summed E-state index contributed by atoms with van der Waals surface area (Å²) in [5, 5.41) is 86.4. The van der Waals surface area contributed by atoms with E-state index in [-0.39, 0.29) is 89.0 Å². The molecule has 12 amide bonds. The second kappa shape index (κ2) is 39.2. The number of aromatic hydroxyl groups is 2. The second-order valence-corrected chi connectivity index (χ2v) is 27.9. The minimum Gasteiger partial charge on any atom is -0.508 e. The van der Waals surface area contributed by atoms with Crippen LogP contribution in [0.25, 0.3) is 0 Å². The van der Waals surface area contributed by atoms with Gasteiger partial charge >= 0.3 is 29.8 Å². The molecule has 21 N–H and O–H groups in total. The third-order valence-corrected chi connectivity index (χ3v) is 18.7. The van der Waals surface area contributed by atoms with Gasteiger partial charge in [0.1, 0.15) is 77.4 Å². The molecule has 39 nitrogen and oxygen atoms in total. The van der Waals surface area contributed by atoms with Gasteiger partial charge in [0.25, 0.3) is 0 Å². The highest BCUT2D eigenvalue weighted by atomic mass is 35.5. The molecule has 41 heteroatoms. The van der Waals surface area contributed by atoms with E-state index in [4.69, 9.17) is 44.8 Å². The lowest BCUT2D eigenvalue weighted by Gasteiger charge is -2.36. The zero-order chi connectivity index (χ0) is 83.5. The highest BCUT2D eigenvalue weighted by Crippen LogP contribution is 2.57. The summed E-state index contributed by atoms with van der Waals surface area (Å²) in [4.78, 5) is 225. The first kappa shape index (κ1) is 87.5. The molecule has 3 aliphatic rings. The first-order chi connectivity index (χ1) is 53.3. The molecule has 9 atom stereocenters. The molecule has 3 heterocycles. The van der Waals surface area contributed by atoms with E-state index in [1.807, 2.05) is 5.32 Å². The predicted octanol–water partition coefficient (Wildman–Crippen LogP) is -1.42. The Balaban J connectivity index is 0.970. The number of nitrogens with one attached hydrogen (secondary N) is 11. The second-order valence-electron chi connectivity index (χ2n) is 27.1. The largest absolute Gasteiger partial charge is 0.508 e. The van der Waals surface area contributed by atoms with E-state index in [2.05, 4.69) is 53.2 Å². The van der Waals surface area contributed by atoms with Gasteiger partial charge in [0, 0.05) is 78.8 Å². The number of phenols is 2. The lowest BCUT2D eigenvalue weighted by Crippen LogP contribution is -2.60. The molecule has 0 radical (unpaired) electrons. The van der Waals surface area contributed by atoms with E-state index in [9.17, 15) is 112 Å². The number of hydrogen-bond acceptors (Lipinski definition) is 22. The van der Waals surface area contributed by atoms with Crippen molar-refractivity contribution in [3.8, 4) is 23.0 Å². The van der Waals surface area contributed by atoms with Crippen molar-refractivity contribution in [3.63, 3.8) is 0 Å². The number of ether oxygens (including phenoxy) is 2. The van der Waals surface area contributed by atoms with Crippen molar-refractivity contribution in [2.75, 3.05) is 25.0 Å². The van der Waals surface area contributed by atoms with Gasteiger partial charge in [0.05, 0.1) is 24.9 Å². The molecule has 0 unspecified atom stereocenters. The molecular weight excluding hydrogens is 1530 g/mol. The fourth-order valence-corrected chi connectivity index (χ4v) is 12.9. The molecule has 4 aromatic carbocycles. The number of thiocarbonyl (C=S) groups is 1. The third kappa shape index (κ3) is 23.6. The van der Waals surface area contributed by atoms with Gasteiger partial charge < -0.3 is 115 Å². The quantitative estimate of drug-likeness (QED) is 0.0105. The van der Waals surface area contributed by atoms with Crippen LogP contribution in [0.1, 0.15) is 125 Å². The first-order valence-electron chi connectivity index (χ1n) is 35.2. The maximum Gasteiger partial charge on any atom is 0.340 e. The zero-order valence-electron chi connectivity index (χ0n) is 61.1. The third-order valence-electron chi connectivity index (χ3n) is 18.2. The summed E-state index contributed by atoms with van der Waals surface area (Å²) in [7, 11) is 0. The number of carbonyl (C=O) groups excluding carboxylic acids is 13. The van der Waals surface area contributed by atoms with E-state index in [0.717, 1.165) is 6.92 Å². The summed E-state index contributed by atoms with van der Waals surface area (Å²) >= 11 is 11.6. The predicted molar refractivity (Wildman–Crippen MR) is 396 cm³/mol. The number of amides is 12. The maximum atomic E-state index is 14.4. The monoisotopic (exact) mass is 1610 g/mol. The average molecular weight is 1610 g/mol. The number of phenolic OH excluding ortho intramolecular Hbond substituents is 2. The Morgan fingerprint density at radius 1 is 0.619 bits per heavy atom. The molecular formula is C72H85ClN14O25S. The number of primary amides is 2. The smallest absolute Gasteiger partial charge is 0.340 e. The Kier molecular flexibility index (Phi) is 30.4. The number of rotatable bonds is 39. The number of carbonyl (C=O) groups is 17. The molecule has 4 aromatic rings. The molecule has 1 spiro atoms. The average Bonchev–Trinajstić information content (AvgIpc) is 1.61. The number of carboxylic acid groups (broad SMARTS) is 4. The van der Waals surface area contributed by atoms with E-state index in [1.54, 1.807) is 38.1 Å². The number of hydrogen-bond donors (Lipinski definition) is 19. The molecule has 606 valence electrons. The molecule has 3 aliphatic heterocycles. The minimum atomic E-state index is -2.40. The summed E-state index contributed by atoms with van der Waals surface area (Å²) < 4.78 is 12.1.